The Kier molecular flexibility index (Phi) is 1.87. The molecule has 0 bridgehead atoms. The van der Waals surface area contributed by atoms with Crippen LogP contribution < -0.4 is 0 Å². The van der Waals surface area contributed by atoms with Crippen LogP contribution in [0.5, 0.6) is 0 Å². The van der Waals surface area contributed by atoms with Crippen LogP contribution in [0.4, 0.5) is 0 Å². The van der Waals surface area contributed by atoms with Gasteiger partial charge >= 0.3 is 0 Å². The van der Waals surface area contributed by atoms with Crippen molar-refractivity contribution >= 4 is 34.2 Å². The maximum absolute atomic E-state index is 12.0. The number of aryl methyl sites for hydroxylation is 2. The molecule has 3 rings (SSSR count). The first-order valence-electron chi connectivity index (χ1n) is 4.62. The van der Waals surface area contributed by atoms with Gasteiger partial charge in [0, 0.05) is 0 Å². The van der Waals surface area contributed by atoms with Crippen LogP contribution in [0.2, 0.25) is 0 Å². The molecule has 0 unspecified atom stereocenters. The number of carbonyl (C=O) groups is 2. The molecule has 2 aromatic rings. The molecule has 0 atom stereocenters. The number of rotatable bonds is 0. The maximum atomic E-state index is 12.0. The van der Waals surface area contributed by atoms with Gasteiger partial charge in [-0.25, -0.2) is 9.97 Å². The van der Waals surface area contributed by atoms with Gasteiger partial charge in [0.25, 0.3) is 0 Å². The highest BCUT2D eigenvalue weighted by atomic mass is 32.1. The number of hydrogen-bond acceptors (Lipinski definition) is 6. The summed E-state index contributed by atoms with van der Waals surface area (Å²) in [6, 6.07) is 0. The Balaban J connectivity index is 2.32. The summed E-state index contributed by atoms with van der Waals surface area (Å²) in [6.07, 6.45) is 0. The number of nitrogens with zero attached hydrogens (tertiary/aromatic N) is 2. The van der Waals surface area contributed by atoms with E-state index in [-0.39, 0.29) is 11.6 Å². The molecule has 0 amide bonds. The topological polar surface area (TPSA) is 59.9 Å². The summed E-state index contributed by atoms with van der Waals surface area (Å²) in [7, 11) is 0. The number of ketones is 2. The summed E-state index contributed by atoms with van der Waals surface area (Å²) in [5.74, 6) is -0.334. The first-order chi connectivity index (χ1) is 7.58. The molecule has 0 N–H and O–H groups in total. The van der Waals surface area contributed by atoms with E-state index < -0.39 is 0 Å². The van der Waals surface area contributed by atoms with Gasteiger partial charge in [-0.05, 0) is 13.8 Å². The fourth-order valence-electron chi connectivity index (χ4n) is 1.68. The molecule has 0 radical (unpaired) electrons. The summed E-state index contributed by atoms with van der Waals surface area (Å²) >= 11 is 2.52. The summed E-state index contributed by atoms with van der Waals surface area (Å²) < 4.78 is 0. The highest BCUT2D eigenvalue weighted by Gasteiger charge is 2.35. The zero-order valence-electron chi connectivity index (χ0n) is 8.53. The largest absolute Gasteiger partial charge is 0.286 e. The van der Waals surface area contributed by atoms with E-state index in [2.05, 4.69) is 9.97 Å². The molecule has 6 heteroatoms. The second-order valence-electron chi connectivity index (χ2n) is 3.48. The molecule has 16 heavy (non-hydrogen) atoms. The Morgan fingerprint density at radius 3 is 1.56 bits per heavy atom. The van der Waals surface area contributed by atoms with E-state index in [9.17, 15) is 9.59 Å². The fourth-order valence-corrected chi connectivity index (χ4v) is 3.40. The smallest absolute Gasteiger partial charge is 0.225 e. The number of carbonyl (C=O) groups excluding carboxylic acids is 2. The van der Waals surface area contributed by atoms with Crippen molar-refractivity contribution in [3.05, 3.63) is 31.2 Å². The van der Waals surface area contributed by atoms with Crippen LogP contribution in [0.3, 0.4) is 0 Å². The fraction of sp³-hybridized carbons (Fsp3) is 0.200. The minimum Gasteiger partial charge on any atom is -0.286 e. The number of fused-ring (bicyclic) bond motifs is 2. The zero-order valence-corrected chi connectivity index (χ0v) is 10.2. The van der Waals surface area contributed by atoms with Gasteiger partial charge in [0.15, 0.2) is 0 Å². The molecule has 0 saturated heterocycles. The van der Waals surface area contributed by atoms with Gasteiger partial charge in [0.05, 0.1) is 10.0 Å². The highest BCUT2D eigenvalue weighted by molar-refractivity contribution is 7.16. The lowest BCUT2D eigenvalue weighted by molar-refractivity contribution is 0.0979. The third-order valence-corrected chi connectivity index (χ3v) is 4.25. The van der Waals surface area contributed by atoms with Gasteiger partial charge in [-0.3, -0.25) is 9.59 Å². The molecule has 0 aromatic carbocycles. The lowest BCUT2D eigenvalue weighted by Gasteiger charge is -2.05. The molecule has 0 aliphatic heterocycles. The van der Waals surface area contributed by atoms with Gasteiger partial charge in [-0.1, -0.05) is 0 Å². The SMILES string of the molecule is Cc1nc2c(s1)C(=O)c1nc(C)sc1C2=O. The minimum atomic E-state index is -0.167. The predicted molar refractivity (Wildman–Crippen MR) is 60.6 cm³/mol. The van der Waals surface area contributed by atoms with E-state index in [0.717, 1.165) is 10.0 Å². The van der Waals surface area contributed by atoms with Crippen LogP contribution in [-0.2, 0) is 0 Å². The normalized spacial score (nSPS) is 13.9. The third kappa shape index (κ3) is 1.14. The van der Waals surface area contributed by atoms with Crippen LogP contribution in [0.25, 0.3) is 0 Å². The average Bonchev–Trinajstić information content (AvgIpc) is 2.78. The molecule has 1 aliphatic rings. The van der Waals surface area contributed by atoms with Crippen molar-refractivity contribution in [1.29, 1.82) is 0 Å². The summed E-state index contributed by atoms with van der Waals surface area (Å²) in [5.41, 5.74) is 0.590. The Morgan fingerprint density at radius 2 is 1.19 bits per heavy atom. The lowest BCUT2D eigenvalue weighted by atomic mass is 10.0. The molecular formula is C10H6N2O2S2. The van der Waals surface area contributed by atoms with Crippen LogP contribution in [0.1, 0.15) is 40.7 Å². The van der Waals surface area contributed by atoms with Gasteiger partial charge in [-0.2, -0.15) is 0 Å². The molecule has 0 fully saturated rings. The van der Waals surface area contributed by atoms with Gasteiger partial charge < -0.3 is 0 Å². The zero-order chi connectivity index (χ0) is 11.4. The van der Waals surface area contributed by atoms with Crippen molar-refractivity contribution in [3.8, 4) is 0 Å². The Hall–Kier alpha value is -1.40. The van der Waals surface area contributed by atoms with Crippen molar-refractivity contribution in [2.45, 2.75) is 13.8 Å². The first kappa shape index (κ1) is 9.80. The van der Waals surface area contributed by atoms with Gasteiger partial charge in [0.1, 0.15) is 21.1 Å². The van der Waals surface area contributed by atoms with E-state index in [0.29, 0.717) is 21.1 Å². The molecule has 2 heterocycles. The van der Waals surface area contributed by atoms with Crippen molar-refractivity contribution in [2.75, 3.05) is 0 Å². The van der Waals surface area contributed by atoms with E-state index in [4.69, 9.17) is 0 Å². The summed E-state index contributed by atoms with van der Waals surface area (Å²) in [4.78, 5) is 33.2. The second-order valence-corrected chi connectivity index (χ2v) is 5.89. The lowest BCUT2D eigenvalue weighted by Crippen LogP contribution is -2.18. The number of thiazole rings is 2. The summed E-state index contributed by atoms with van der Waals surface area (Å²) in [6.45, 7) is 3.58. The van der Waals surface area contributed by atoms with Crippen molar-refractivity contribution in [1.82, 2.24) is 9.97 Å². The van der Waals surface area contributed by atoms with Crippen LogP contribution in [0, 0.1) is 13.8 Å². The van der Waals surface area contributed by atoms with Crippen molar-refractivity contribution in [2.24, 2.45) is 0 Å². The van der Waals surface area contributed by atoms with Gasteiger partial charge in [0.2, 0.25) is 11.6 Å². The minimum absolute atomic E-state index is 0.167. The quantitative estimate of drug-likeness (QED) is 0.612. The van der Waals surface area contributed by atoms with E-state index in [1.807, 2.05) is 0 Å². The van der Waals surface area contributed by atoms with E-state index in [1.165, 1.54) is 22.7 Å². The Labute approximate surface area is 99.0 Å². The molecule has 1 aliphatic carbocycles. The molecule has 0 spiro atoms. The molecule has 0 saturated carbocycles. The van der Waals surface area contributed by atoms with Gasteiger partial charge in [-0.15, -0.1) is 22.7 Å². The van der Waals surface area contributed by atoms with E-state index in [1.54, 1.807) is 13.8 Å². The number of hydrogen-bond donors (Lipinski definition) is 0. The van der Waals surface area contributed by atoms with Crippen molar-refractivity contribution < 1.29 is 9.59 Å². The summed E-state index contributed by atoms with van der Waals surface area (Å²) in [5, 5.41) is 1.47. The predicted octanol–water partition coefficient (Wildman–Crippen LogP) is 1.99. The molecular weight excluding hydrogens is 244 g/mol. The highest BCUT2D eigenvalue weighted by Crippen LogP contribution is 2.33. The standard InChI is InChI=1S/C10H6N2O2S2/c1-3-11-5-7(13)10-6(12-4(2)16-10)8(14)9(5)15-3/h1-2H3. The molecule has 2 aromatic heterocycles. The van der Waals surface area contributed by atoms with Crippen LogP contribution in [-0.4, -0.2) is 21.5 Å². The Morgan fingerprint density at radius 1 is 0.812 bits per heavy atom. The maximum Gasteiger partial charge on any atom is 0.225 e. The monoisotopic (exact) mass is 250 g/mol. The average molecular weight is 250 g/mol. The van der Waals surface area contributed by atoms with E-state index >= 15 is 0 Å². The number of aromatic nitrogens is 2. The van der Waals surface area contributed by atoms with Crippen molar-refractivity contribution in [3.63, 3.8) is 0 Å². The Bertz CT molecular complexity index is 536. The molecule has 4 nitrogen and oxygen atoms in total. The molecule has 80 valence electrons. The first-order valence-corrected chi connectivity index (χ1v) is 6.25. The third-order valence-electron chi connectivity index (χ3n) is 2.31. The van der Waals surface area contributed by atoms with Crippen LogP contribution >= 0.6 is 22.7 Å². The van der Waals surface area contributed by atoms with Crippen LogP contribution in [0.15, 0.2) is 0 Å². The second kappa shape index (κ2) is 3.05.